The molecule has 1 aromatic heterocycles. The summed E-state index contributed by atoms with van der Waals surface area (Å²) in [7, 11) is 0. The van der Waals surface area contributed by atoms with Crippen molar-refractivity contribution in [2.45, 2.75) is 38.4 Å². The second-order valence-corrected chi connectivity index (χ2v) is 8.74. The summed E-state index contributed by atoms with van der Waals surface area (Å²) in [5, 5.41) is 12.9. The lowest BCUT2D eigenvalue weighted by Crippen LogP contribution is -2.14. The van der Waals surface area contributed by atoms with Gasteiger partial charge in [0.1, 0.15) is 11.6 Å². The van der Waals surface area contributed by atoms with Gasteiger partial charge in [0.15, 0.2) is 5.16 Å². The van der Waals surface area contributed by atoms with Crippen LogP contribution in [0.3, 0.4) is 0 Å². The van der Waals surface area contributed by atoms with E-state index < -0.39 is 0 Å². The van der Waals surface area contributed by atoms with Gasteiger partial charge in [0.2, 0.25) is 5.91 Å². The average molecular weight is 471 g/mol. The van der Waals surface area contributed by atoms with Crippen LogP contribution in [0.4, 0.5) is 5.69 Å². The van der Waals surface area contributed by atoms with Gasteiger partial charge in [-0.1, -0.05) is 47.1 Å². The van der Waals surface area contributed by atoms with E-state index in [9.17, 15) is 4.79 Å². The molecule has 0 aliphatic carbocycles. The lowest BCUT2D eigenvalue weighted by Gasteiger charge is -2.10. The van der Waals surface area contributed by atoms with E-state index in [1.807, 2.05) is 60.9 Å². The number of halogens is 1. The van der Waals surface area contributed by atoms with E-state index in [-0.39, 0.29) is 11.7 Å². The second kappa shape index (κ2) is 11.7. The summed E-state index contributed by atoms with van der Waals surface area (Å²) in [5.74, 6) is 1.85. The Morgan fingerprint density at radius 1 is 1.22 bits per heavy atom. The van der Waals surface area contributed by atoms with Crippen molar-refractivity contribution in [2.75, 3.05) is 17.7 Å². The van der Waals surface area contributed by atoms with Gasteiger partial charge < -0.3 is 14.6 Å². The molecule has 0 saturated carbocycles. The standard InChI is InChI=1S/C24H27ClN4O2S/c1-4-13-29-22(6-5-14-31-21-12-9-19(25)15-18(21)3)27-28-24(29)32-16-23(30)26-20-10-7-17(2)8-11-20/h4,7-12,15H,1,5-6,13-14,16H2,2-3H3,(H,26,30). The number of hydrogen-bond acceptors (Lipinski definition) is 5. The maximum absolute atomic E-state index is 12.3. The van der Waals surface area contributed by atoms with Crippen LogP contribution in [0.2, 0.25) is 5.02 Å². The number of carbonyl (C=O) groups is 1. The van der Waals surface area contributed by atoms with Crippen molar-refractivity contribution in [3.8, 4) is 5.75 Å². The largest absolute Gasteiger partial charge is 0.493 e. The molecule has 2 aromatic carbocycles. The van der Waals surface area contributed by atoms with E-state index in [0.717, 1.165) is 34.8 Å². The lowest BCUT2D eigenvalue weighted by atomic mass is 10.2. The van der Waals surface area contributed by atoms with E-state index >= 15 is 0 Å². The van der Waals surface area contributed by atoms with Crippen molar-refractivity contribution < 1.29 is 9.53 Å². The van der Waals surface area contributed by atoms with E-state index in [0.29, 0.717) is 29.8 Å². The summed E-state index contributed by atoms with van der Waals surface area (Å²) in [6, 6.07) is 13.3. The van der Waals surface area contributed by atoms with E-state index in [2.05, 4.69) is 22.1 Å². The van der Waals surface area contributed by atoms with Crippen LogP contribution < -0.4 is 10.1 Å². The third kappa shape index (κ3) is 6.87. The van der Waals surface area contributed by atoms with E-state index in [4.69, 9.17) is 16.3 Å². The van der Waals surface area contributed by atoms with Gasteiger partial charge in [-0.25, -0.2) is 0 Å². The van der Waals surface area contributed by atoms with Crippen LogP contribution in [-0.4, -0.2) is 33.0 Å². The lowest BCUT2D eigenvalue weighted by molar-refractivity contribution is -0.113. The summed E-state index contributed by atoms with van der Waals surface area (Å²) >= 11 is 7.35. The second-order valence-electron chi connectivity index (χ2n) is 7.36. The van der Waals surface area contributed by atoms with Crippen LogP contribution in [0.5, 0.6) is 5.75 Å². The molecule has 0 unspecified atom stereocenters. The highest BCUT2D eigenvalue weighted by Gasteiger charge is 2.14. The Bertz CT molecular complexity index is 1070. The minimum Gasteiger partial charge on any atom is -0.493 e. The predicted octanol–water partition coefficient (Wildman–Crippen LogP) is 5.48. The van der Waals surface area contributed by atoms with Crippen LogP contribution in [0, 0.1) is 13.8 Å². The topological polar surface area (TPSA) is 69.0 Å². The van der Waals surface area contributed by atoms with Gasteiger partial charge in [-0.15, -0.1) is 16.8 Å². The number of amides is 1. The number of hydrogen-bond donors (Lipinski definition) is 1. The molecule has 1 heterocycles. The molecule has 0 radical (unpaired) electrons. The summed E-state index contributed by atoms with van der Waals surface area (Å²) in [4.78, 5) is 12.3. The Morgan fingerprint density at radius 2 is 2.00 bits per heavy atom. The molecule has 0 bridgehead atoms. The van der Waals surface area contributed by atoms with Crippen LogP contribution >= 0.6 is 23.4 Å². The minimum atomic E-state index is -0.0831. The fraction of sp³-hybridized carbons (Fsp3) is 0.292. The first kappa shape index (κ1) is 23.9. The summed E-state index contributed by atoms with van der Waals surface area (Å²) in [6.45, 7) is 8.96. The first-order valence-electron chi connectivity index (χ1n) is 10.4. The molecule has 3 aromatic rings. The zero-order chi connectivity index (χ0) is 22.9. The SMILES string of the molecule is C=CCn1c(CCCOc2ccc(Cl)cc2C)nnc1SCC(=O)Nc1ccc(C)cc1. The number of ether oxygens (including phenoxy) is 1. The minimum absolute atomic E-state index is 0.0831. The molecule has 3 rings (SSSR count). The smallest absolute Gasteiger partial charge is 0.234 e. The normalized spacial score (nSPS) is 10.7. The van der Waals surface area contributed by atoms with Gasteiger partial charge in [0, 0.05) is 23.7 Å². The first-order chi connectivity index (χ1) is 15.5. The Balaban J connectivity index is 1.52. The van der Waals surface area contributed by atoms with Crippen molar-refractivity contribution in [1.82, 2.24) is 14.8 Å². The molecule has 1 N–H and O–H groups in total. The van der Waals surface area contributed by atoms with Crippen molar-refractivity contribution in [3.05, 3.63) is 77.1 Å². The number of nitrogens with one attached hydrogen (secondary N) is 1. The third-order valence-electron chi connectivity index (χ3n) is 4.71. The predicted molar refractivity (Wildman–Crippen MR) is 131 cm³/mol. The molecule has 0 aliphatic heterocycles. The Hall–Kier alpha value is -2.77. The van der Waals surface area contributed by atoms with Gasteiger partial charge >= 0.3 is 0 Å². The highest BCUT2D eigenvalue weighted by atomic mass is 35.5. The number of allylic oxidation sites excluding steroid dienone is 1. The summed E-state index contributed by atoms with van der Waals surface area (Å²) in [6.07, 6.45) is 3.30. The number of anilines is 1. The Labute approximate surface area is 198 Å². The number of thioether (sulfide) groups is 1. The number of nitrogens with zero attached hydrogens (tertiary/aromatic N) is 3. The molecule has 8 heteroatoms. The van der Waals surface area contributed by atoms with E-state index in [1.54, 1.807) is 6.08 Å². The van der Waals surface area contributed by atoms with E-state index in [1.165, 1.54) is 11.8 Å². The van der Waals surface area contributed by atoms with Crippen LogP contribution in [-0.2, 0) is 17.8 Å². The van der Waals surface area contributed by atoms with Crippen molar-refractivity contribution in [3.63, 3.8) is 0 Å². The van der Waals surface area contributed by atoms with Crippen LogP contribution in [0.1, 0.15) is 23.4 Å². The number of aromatic nitrogens is 3. The number of rotatable bonds is 11. The van der Waals surface area contributed by atoms with Gasteiger partial charge in [0.05, 0.1) is 12.4 Å². The molecule has 6 nitrogen and oxygen atoms in total. The third-order valence-corrected chi connectivity index (χ3v) is 5.91. The first-order valence-corrected chi connectivity index (χ1v) is 11.7. The highest BCUT2D eigenvalue weighted by Crippen LogP contribution is 2.22. The van der Waals surface area contributed by atoms with Crippen LogP contribution in [0.25, 0.3) is 0 Å². The molecular weight excluding hydrogens is 444 g/mol. The van der Waals surface area contributed by atoms with Gasteiger partial charge in [-0.2, -0.15) is 0 Å². The van der Waals surface area contributed by atoms with Crippen LogP contribution in [0.15, 0.2) is 60.3 Å². The van der Waals surface area contributed by atoms with Crippen molar-refractivity contribution in [2.24, 2.45) is 0 Å². The molecular formula is C24H27ClN4O2S. The molecule has 0 aliphatic rings. The van der Waals surface area contributed by atoms with Gasteiger partial charge in [0.25, 0.3) is 0 Å². The average Bonchev–Trinajstić information content (AvgIpc) is 3.14. The fourth-order valence-corrected chi connectivity index (χ4v) is 4.07. The number of benzene rings is 2. The molecule has 0 spiro atoms. The fourth-order valence-electron chi connectivity index (χ4n) is 3.07. The maximum atomic E-state index is 12.3. The molecule has 168 valence electrons. The quantitative estimate of drug-likeness (QED) is 0.228. The zero-order valence-electron chi connectivity index (χ0n) is 18.3. The highest BCUT2D eigenvalue weighted by molar-refractivity contribution is 7.99. The monoisotopic (exact) mass is 470 g/mol. The maximum Gasteiger partial charge on any atom is 0.234 e. The summed E-state index contributed by atoms with van der Waals surface area (Å²) < 4.78 is 7.86. The Morgan fingerprint density at radius 3 is 2.72 bits per heavy atom. The van der Waals surface area contributed by atoms with Crippen molar-refractivity contribution in [1.29, 1.82) is 0 Å². The molecule has 0 saturated heterocycles. The van der Waals surface area contributed by atoms with Gasteiger partial charge in [-0.05, 0) is 56.2 Å². The summed E-state index contributed by atoms with van der Waals surface area (Å²) in [5.41, 5.74) is 2.94. The molecule has 0 atom stereocenters. The number of aryl methyl sites for hydroxylation is 3. The number of carbonyl (C=O) groups excluding carboxylic acids is 1. The van der Waals surface area contributed by atoms with Crippen molar-refractivity contribution >= 4 is 35.0 Å². The zero-order valence-corrected chi connectivity index (χ0v) is 19.9. The Kier molecular flexibility index (Phi) is 8.76. The molecule has 1 amide bonds. The molecule has 32 heavy (non-hydrogen) atoms. The molecule has 0 fully saturated rings. The van der Waals surface area contributed by atoms with Gasteiger partial charge in [-0.3, -0.25) is 4.79 Å².